The summed E-state index contributed by atoms with van der Waals surface area (Å²) in [7, 11) is 0. The summed E-state index contributed by atoms with van der Waals surface area (Å²) >= 11 is 6.65. The SMILES string of the molecule is Cc1ccc2nc(NC(=O)c3ccnnc3)n([C@@H]3CCCCNC3)c2c1Cl. The van der Waals surface area contributed by atoms with Gasteiger partial charge < -0.3 is 9.88 Å². The number of amides is 1. The van der Waals surface area contributed by atoms with Crippen LogP contribution in [-0.2, 0) is 0 Å². The molecule has 0 unspecified atom stereocenters. The van der Waals surface area contributed by atoms with Crippen LogP contribution in [0.1, 0.15) is 41.2 Å². The number of nitrogens with one attached hydrogen (secondary N) is 2. The van der Waals surface area contributed by atoms with Crippen molar-refractivity contribution in [2.75, 3.05) is 18.4 Å². The molecule has 0 saturated carbocycles. The molecule has 27 heavy (non-hydrogen) atoms. The first-order valence-corrected chi connectivity index (χ1v) is 9.49. The minimum absolute atomic E-state index is 0.169. The van der Waals surface area contributed by atoms with E-state index in [1.54, 1.807) is 6.07 Å². The summed E-state index contributed by atoms with van der Waals surface area (Å²) in [6.45, 7) is 3.79. The van der Waals surface area contributed by atoms with E-state index in [1.165, 1.54) is 12.4 Å². The van der Waals surface area contributed by atoms with E-state index in [4.69, 9.17) is 11.6 Å². The normalized spacial score (nSPS) is 17.6. The van der Waals surface area contributed by atoms with Crippen LogP contribution in [0.5, 0.6) is 0 Å². The van der Waals surface area contributed by atoms with Crippen molar-refractivity contribution in [1.82, 2.24) is 25.1 Å². The smallest absolute Gasteiger partial charge is 0.259 e. The highest BCUT2D eigenvalue weighted by Gasteiger charge is 2.24. The predicted octanol–water partition coefficient (Wildman–Crippen LogP) is 3.36. The summed E-state index contributed by atoms with van der Waals surface area (Å²) in [6, 6.07) is 5.69. The first-order chi connectivity index (χ1) is 13.1. The summed E-state index contributed by atoms with van der Waals surface area (Å²) < 4.78 is 2.08. The van der Waals surface area contributed by atoms with Gasteiger partial charge in [0.2, 0.25) is 5.95 Å². The van der Waals surface area contributed by atoms with E-state index < -0.39 is 0 Å². The monoisotopic (exact) mass is 384 g/mol. The number of halogens is 1. The number of nitrogens with zero attached hydrogens (tertiary/aromatic N) is 4. The molecule has 4 rings (SSSR count). The van der Waals surface area contributed by atoms with E-state index in [0.29, 0.717) is 16.5 Å². The van der Waals surface area contributed by atoms with Crippen LogP contribution in [0, 0.1) is 6.92 Å². The first kappa shape index (κ1) is 17.9. The fraction of sp³-hybridized carbons (Fsp3) is 0.368. The Bertz CT molecular complexity index is 963. The number of aryl methyl sites for hydroxylation is 1. The number of carbonyl (C=O) groups is 1. The van der Waals surface area contributed by atoms with Crippen molar-refractivity contribution < 1.29 is 4.79 Å². The quantitative estimate of drug-likeness (QED) is 0.723. The van der Waals surface area contributed by atoms with Crippen LogP contribution in [0.2, 0.25) is 5.02 Å². The van der Waals surface area contributed by atoms with Crippen LogP contribution in [0.4, 0.5) is 5.95 Å². The fourth-order valence-electron chi connectivity index (χ4n) is 3.51. The lowest BCUT2D eigenvalue weighted by Gasteiger charge is -2.21. The Morgan fingerprint density at radius 1 is 1.30 bits per heavy atom. The van der Waals surface area contributed by atoms with Crippen LogP contribution in [0.25, 0.3) is 11.0 Å². The largest absolute Gasteiger partial charge is 0.315 e. The standard InChI is InChI=1S/C19H21ClN6O/c1-12-5-6-15-17(16(12)20)26(14-4-2-3-8-21-11-14)19(24-15)25-18(27)13-7-9-22-23-10-13/h5-7,9-10,14,21H,2-4,8,11H2,1H3,(H,24,25,27)/t14-/m1/s1. The zero-order chi connectivity index (χ0) is 18.8. The second-order valence-electron chi connectivity index (χ2n) is 6.81. The van der Waals surface area contributed by atoms with Gasteiger partial charge in [-0.2, -0.15) is 10.2 Å². The molecule has 0 bridgehead atoms. The average Bonchev–Trinajstić information content (AvgIpc) is 2.86. The van der Waals surface area contributed by atoms with Gasteiger partial charge in [0.1, 0.15) is 0 Å². The second kappa shape index (κ2) is 7.62. The van der Waals surface area contributed by atoms with Crippen LogP contribution in [0.15, 0.2) is 30.6 Å². The molecule has 7 nitrogen and oxygen atoms in total. The number of fused-ring (bicyclic) bond motifs is 1. The number of aromatic nitrogens is 4. The number of rotatable bonds is 3. The highest BCUT2D eigenvalue weighted by atomic mass is 35.5. The zero-order valence-corrected chi connectivity index (χ0v) is 15.8. The first-order valence-electron chi connectivity index (χ1n) is 9.11. The summed E-state index contributed by atoms with van der Waals surface area (Å²) in [6.07, 6.45) is 6.19. The van der Waals surface area contributed by atoms with Crippen LogP contribution >= 0.6 is 11.6 Å². The summed E-state index contributed by atoms with van der Waals surface area (Å²) in [4.78, 5) is 17.3. The Kier molecular flexibility index (Phi) is 5.05. The van der Waals surface area contributed by atoms with Gasteiger partial charge in [0.15, 0.2) is 0 Å². The van der Waals surface area contributed by atoms with Crippen LogP contribution < -0.4 is 10.6 Å². The van der Waals surface area contributed by atoms with Crippen molar-refractivity contribution in [3.63, 3.8) is 0 Å². The van der Waals surface area contributed by atoms with Crippen LogP contribution in [-0.4, -0.2) is 38.7 Å². The van der Waals surface area contributed by atoms with Gasteiger partial charge in [0, 0.05) is 12.6 Å². The minimum atomic E-state index is -0.268. The lowest BCUT2D eigenvalue weighted by Crippen LogP contribution is -2.25. The number of carbonyl (C=O) groups excluding carboxylic acids is 1. The molecule has 2 N–H and O–H groups in total. The maximum Gasteiger partial charge on any atom is 0.259 e. The lowest BCUT2D eigenvalue weighted by molar-refractivity contribution is 0.102. The van der Waals surface area contributed by atoms with Gasteiger partial charge >= 0.3 is 0 Å². The van der Waals surface area contributed by atoms with Gasteiger partial charge in [-0.25, -0.2) is 4.98 Å². The zero-order valence-electron chi connectivity index (χ0n) is 15.1. The Morgan fingerprint density at radius 2 is 2.19 bits per heavy atom. The van der Waals surface area contributed by atoms with Crippen molar-refractivity contribution in [2.24, 2.45) is 0 Å². The van der Waals surface area contributed by atoms with E-state index >= 15 is 0 Å². The molecular weight excluding hydrogens is 364 g/mol. The summed E-state index contributed by atoms with van der Waals surface area (Å²) in [5.41, 5.74) is 3.07. The van der Waals surface area contributed by atoms with E-state index in [-0.39, 0.29) is 11.9 Å². The molecule has 3 aromatic rings. The second-order valence-corrected chi connectivity index (χ2v) is 7.19. The van der Waals surface area contributed by atoms with Gasteiger partial charge in [-0.15, -0.1) is 0 Å². The molecule has 0 aliphatic carbocycles. The van der Waals surface area contributed by atoms with Gasteiger partial charge in [0.05, 0.1) is 34.0 Å². The van der Waals surface area contributed by atoms with Crippen molar-refractivity contribution in [3.05, 3.63) is 46.7 Å². The maximum atomic E-state index is 12.7. The third-order valence-corrected chi connectivity index (χ3v) is 5.42. The number of benzene rings is 1. The topological polar surface area (TPSA) is 84.7 Å². The van der Waals surface area contributed by atoms with E-state index in [2.05, 4.69) is 30.4 Å². The van der Waals surface area contributed by atoms with Gasteiger partial charge in [-0.05, 0) is 44.0 Å². The molecule has 1 aliphatic heterocycles. The molecule has 1 fully saturated rings. The molecule has 2 aromatic heterocycles. The predicted molar refractivity (Wildman–Crippen MR) is 105 cm³/mol. The molecule has 1 aromatic carbocycles. The Hall–Kier alpha value is -2.51. The molecule has 1 aliphatic rings. The highest BCUT2D eigenvalue weighted by Crippen LogP contribution is 2.34. The number of hydrogen-bond acceptors (Lipinski definition) is 5. The van der Waals surface area contributed by atoms with Crippen molar-refractivity contribution in [1.29, 1.82) is 0 Å². The highest BCUT2D eigenvalue weighted by molar-refractivity contribution is 6.35. The summed E-state index contributed by atoms with van der Waals surface area (Å²) in [5, 5.41) is 14.6. The molecule has 0 radical (unpaired) electrons. The Morgan fingerprint density at radius 3 is 3.00 bits per heavy atom. The average molecular weight is 385 g/mol. The maximum absolute atomic E-state index is 12.7. The molecule has 140 valence electrons. The van der Waals surface area contributed by atoms with Gasteiger partial charge in [0.25, 0.3) is 5.91 Å². The Balaban J connectivity index is 1.80. The van der Waals surface area contributed by atoms with Crippen molar-refractivity contribution >= 4 is 34.5 Å². The molecular formula is C19H21ClN6O. The van der Waals surface area contributed by atoms with Crippen LogP contribution in [0.3, 0.4) is 0 Å². The van der Waals surface area contributed by atoms with E-state index in [0.717, 1.165) is 48.9 Å². The number of hydrogen-bond donors (Lipinski definition) is 2. The van der Waals surface area contributed by atoms with Gasteiger partial charge in [-0.1, -0.05) is 24.1 Å². The van der Waals surface area contributed by atoms with Crippen molar-refractivity contribution in [2.45, 2.75) is 32.2 Å². The third kappa shape index (κ3) is 3.52. The Labute approximate surface area is 162 Å². The molecule has 1 atom stereocenters. The lowest BCUT2D eigenvalue weighted by atomic mass is 10.1. The number of anilines is 1. The fourth-order valence-corrected chi connectivity index (χ4v) is 3.76. The molecule has 1 saturated heterocycles. The molecule has 1 amide bonds. The van der Waals surface area contributed by atoms with E-state index in [9.17, 15) is 4.79 Å². The number of imidazole rings is 1. The third-order valence-electron chi connectivity index (χ3n) is 4.94. The van der Waals surface area contributed by atoms with Gasteiger partial charge in [-0.3, -0.25) is 10.1 Å². The minimum Gasteiger partial charge on any atom is -0.315 e. The summed E-state index contributed by atoms with van der Waals surface area (Å²) in [5.74, 6) is 0.240. The molecule has 0 spiro atoms. The van der Waals surface area contributed by atoms with Crippen molar-refractivity contribution in [3.8, 4) is 0 Å². The molecule has 8 heteroatoms. The van der Waals surface area contributed by atoms with E-state index in [1.807, 2.05) is 19.1 Å². The molecule has 3 heterocycles.